The number of hydrogen-bond acceptors (Lipinski definition) is 4. The third-order valence-electron chi connectivity index (χ3n) is 3.88. The molecule has 132 valence electrons. The second kappa shape index (κ2) is 8.78. The first kappa shape index (κ1) is 18.4. The van der Waals surface area contributed by atoms with E-state index in [4.69, 9.17) is 21.1 Å². The number of ether oxygens (including phenoxy) is 2. The summed E-state index contributed by atoms with van der Waals surface area (Å²) in [7, 11) is 0. The van der Waals surface area contributed by atoms with Gasteiger partial charge in [-0.3, -0.25) is 4.79 Å². The van der Waals surface area contributed by atoms with Crippen molar-refractivity contribution in [2.75, 3.05) is 26.3 Å². The first-order valence-electron chi connectivity index (χ1n) is 8.09. The van der Waals surface area contributed by atoms with E-state index in [0.717, 1.165) is 5.56 Å². The van der Waals surface area contributed by atoms with E-state index in [1.165, 1.54) is 0 Å². The SMILES string of the molecule is CCOC(=O)N1CCC(NC(=O)COc2ccc(Cl)cc2C)CC1. The maximum absolute atomic E-state index is 12.0. The van der Waals surface area contributed by atoms with Gasteiger partial charge >= 0.3 is 6.09 Å². The van der Waals surface area contributed by atoms with Crippen LogP contribution in [0.1, 0.15) is 25.3 Å². The highest BCUT2D eigenvalue weighted by atomic mass is 35.5. The first-order chi connectivity index (χ1) is 11.5. The second-order valence-electron chi connectivity index (χ2n) is 5.73. The van der Waals surface area contributed by atoms with Gasteiger partial charge in [0.1, 0.15) is 5.75 Å². The molecule has 2 amide bonds. The minimum atomic E-state index is -0.288. The van der Waals surface area contributed by atoms with Crippen LogP contribution < -0.4 is 10.1 Å². The molecule has 6 nitrogen and oxygen atoms in total. The van der Waals surface area contributed by atoms with Crippen LogP contribution in [-0.2, 0) is 9.53 Å². The van der Waals surface area contributed by atoms with Gasteiger partial charge in [0.15, 0.2) is 6.61 Å². The minimum absolute atomic E-state index is 0.0411. The van der Waals surface area contributed by atoms with Crippen LogP contribution >= 0.6 is 11.6 Å². The number of carbonyl (C=O) groups excluding carboxylic acids is 2. The van der Waals surface area contributed by atoms with Crippen molar-refractivity contribution in [1.29, 1.82) is 0 Å². The quantitative estimate of drug-likeness (QED) is 0.882. The first-order valence-corrected chi connectivity index (χ1v) is 8.47. The Morgan fingerprint density at radius 2 is 2.04 bits per heavy atom. The van der Waals surface area contributed by atoms with Crippen LogP contribution in [0.15, 0.2) is 18.2 Å². The lowest BCUT2D eigenvalue weighted by atomic mass is 10.1. The van der Waals surface area contributed by atoms with Crippen molar-refractivity contribution in [2.24, 2.45) is 0 Å². The predicted octanol–water partition coefficient (Wildman–Crippen LogP) is 2.76. The number of benzene rings is 1. The summed E-state index contributed by atoms with van der Waals surface area (Å²) in [5.41, 5.74) is 0.887. The van der Waals surface area contributed by atoms with Crippen molar-refractivity contribution in [1.82, 2.24) is 10.2 Å². The number of likely N-dealkylation sites (tertiary alicyclic amines) is 1. The Labute approximate surface area is 147 Å². The van der Waals surface area contributed by atoms with E-state index >= 15 is 0 Å². The molecule has 7 heteroatoms. The van der Waals surface area contributed by atoms with Crippen molar-refractivity contribution in [3.63, 3.8) is 0 Å². The molecule has 0 bridgehead atoms. The molecule has 24 heavy (non-hydrogen) atoms. The predicted molar refractivity (Wildman–Crippen MR) is 91.4 cm³/mol. The van der Waals surface area contributed by atoms with Gasteiger partial charge in [0.05, 0.1) is 6.61 Å². The molecule has 0 saturated carbocycles. The molecule has 1 aliphatic rings. The lowest BCUT2D eigenvalue weighted by Gasteiger charge is -2.31. The summed E-state index contributed by atoms with van der Waals surface area (Å²) in [5, 5.41) is 3.58. The molecule has 1 N–H and O–H groups in total. The molecule has 0 spiro atoms. The molecular weight excluding hydrogens is 332 g/mol. The van der Waals surface area contributed by atoms with E-state index in [2.05, 4.69) is 5.32 Å². The summed E-state index contributed by atoms with van der Waals surface area (Å²) < 4.78 is 10.5. The highest BCUT2D eigenvalue weighted by Gasteiger charge is 2.24. The zero-order chi connectivity index (χ0) is 17.5. The van der Waals surface area contributed by atoms with Crippen LogP contribution in [0.5, 0.6) is 5.75 Å². The van der Waals surface area contributed by atoms with Crippen molar-refractivity contribution >= 4 is 23.6 Å². The van der Waals surface area contributed by atoms with Crippen LogP contribution in [0.4, 0.5) is 4.79 Å². The lowest BCUT2D eigenvalue weighted by Crippen LogP contribution is -2.47. The molecule has 1 fully saturated rings. The van der Waals surface area contributed by atoms with Crippen LogP contribution in [0.25, 0.3) is 0 Å². The second-order valence-corrected chi connectivity index (χ2v) is 6.16. The van der Waals surface area contributed by atoms with Gasteiger partial charge in [-0.15, -0.1) is 0 Å². The number of halogens is 1. The minimum Gasteiger partial charge on any atom is -0.484 e. The fourth-order valence-electron chi connectivity index (χ4n) is 2.61. The van der Waals surface area contributed by atoms with Gasteiger partial charge in [-0.2, -0.15) is 0 Å². The molecule has 1 saturated heterocycles. The molecule has 1 aromatic carbocycles. The summed E-state index contributed by atoms with van der Waals surface area (Å²) in [6.07, 6.45) is 1.14. The van der Waals surface area contributed by atoms with Gasteiger partial charge < -0.3 is 19.7 Å². The Bertz CT molecular complexity index is 586. The maximum atomic E-state index is 12.0. The third-order valence-corrected chi connectivity index (χ3v) is 4.12. The van der Waals surface area contributed by atoms with Crippen LogP contribution in [0.2, 0.25) is 5.02 Å². The van der Waals surface area contributed by atoms with E-state index in [1.807, 2.05) is 6.92 Å². The van der Waals surface area contributed by atoms with Crippen molar-refractivity contribution in [3.05, 3.63) is 28.8 Å². The average molecular weight is 355 g/mol. The van der Waals surface area contributed by atoms with Crippen LogP contribution in [-0.4, -0.2) is 49.2 Å². The standard InChI is InChI=1S/C17H23ClN2O4/c1-3-23-17(22)20-8-6-14(7-9-20)19-16(21)11-24-15-5-4-13(18)10-12(15)2/h4-5,10,14H,3,6-9,11H2,1-2H3,(H,19,21). The molecular formula is C17H23ClN2O4. The summed E-state index contributed by atoms with van der Waals surface area (Å²) in [6.45, 7) is 5.16. The van der Waals surface area contributed by atoms with Crippen molar-refractivity contribution in [2.45, 2.75) is 32.7 Å². The van der Waals surface area contributed by atoms with Crippen molar-refractivity contribution < 1.29 is 19.1 Å². The fourth-order valence-corrected chi connectivity index (χ4v) is 2.84. The number of nitrogens with one attached hydrogen (secondary N) is 1. The monoisotopic (exact) mass is 354 g/mol. The Balaban J connectivity index is 1.73. The lowest BCUT2D eigenvalue weighted by molar-refractivity contribution is -0.124. The molecule has 1 aliphatic heterocycles. The molecule has 0 unspecified atom stereocenters. The number of piperidine rings is 1. The third kappa shape index (κ3) is 5.30. The molecule has 2 rings (SSSR count). The summed E-state index contributed by atoms with van der Waals surface area (Å²) >= 11 is 5.89. The molecule has 0 atom stereocenters. The Morgan fingerprint density at radius 1 is 1.33 bits per heavy atom. The summed E-state index contributed by atoms with van der Waals surface area (Å²) in [5.74, 6) is 0.477. The van der Waals surface area contributed by atoms with Gasteiger partial charge in [0.25, 0.3) is 5.91 Å². The Morgan fingerprint density at radius 3 is 2.67 bits per heavy atom. The van der Waals surface area contributed by atoms with E-state index in [1.54, 1.807) is 30.0 Å². The number of rotatable bonds is 5. The smallest absolute Gasteiger partial charge is 0.409 e. The van der Waals surface area contributed by atoms with E-state index in [9.17, 15) is 9.59 Å². The number of nitrogens with zero attached hydrogens (tertiary/aromatic N) is 1. The normalized spacial score (nSPS) is 15.0. The molecule has 0 aromatic heterocycles. The zero-order valence-corrected chi connectivity index (χ0v) is 14.8. The highest BCUT2D eigenvalue weighted by Crippen LogP contribution is 2.21. The summed E-state index contributed by atoms with van der Waals surface area (Å²) in [6, 6.07) is 5.33. The van der Waals surface area contributed by atoms with E-state index in [-0.39, 0.29) is 24.6 Å². The van der Waals surface area contributed by atoms with E-state index in [0.29, 0.717) is 43.3 Å². The topological polar surface area (TPSA) is 67.9 Å². The molecule has 1 heterocycles. The number of hydrogen-bond donors (Lipinski definition) is 1. The van der Waals surface area contributed by atoms with Crippen LogP contribution in [0, 0.1) is 6.92 Å². The Hall–Kier alpha value is -1.95. The van der Waals surface area contributed by atoms with Gasteiger partial charge in [0.2, 0.25) is 0 Å². The maximum Gasteiger partial charge on any atom is 0.409 e. The average Bonchev–Trinajstić information content (AvgIpc) is 2.55. The van der Waals surface area contributed by atoms with Gasteiger partial charge in [0, 0.05) is 24.2 Å². The van der Waals surface area contributed by atoms with E-state index < -0.39 is 0 Å². The molecule has 0 aliphatic carbocycles. The van der Waals surface area contributed by atoms with Crippen LogP contribution in [0.3, 0.4) is 0 Å². The number of aryl methyl sites for hydroxylation is 1. The number of carbonyl (C=O) groups is 2. The molecule has 0 radical (unpaired) electrons. The van der Waals surface area contributed by atoms with Crippen molar-refractivity contribution in [3.8, 4) is 5.75 Å². The summed E-state index contributed by atoms with van der Waals surface area (Å²) in [4.78, 5) is 25.3. The largest absolute Gasteiger partial charge is 0.484 e. The molecule has 1 aromatic rings. The van der Waals surface area contributed by atoms with Gasteiger partial charge in [-0.1, -0.05) is 11.6 Å². The zero-order valence-electron chi connectivity index (χ0n) is 14.0. The fraction of sp³-hybridized carbons (Fsp3) is 0.529. The highest BCUT2D eigenvalue weighted by molar-refractivity contribution is 6.30. The van der Waals surface area contributed by atoms with Gasteiger partial charge in [-0.25, -0.2) is 4.79 Å². The van der Waals surface area contributed by atoms with Gasteiger partial charge in [-0.05, 0) is 50.5 Å². The number of amides is 2. The Kier molecular flexibility index (Phi) is 6.73.